The fourth-order valence-electron chi connectivity index (χ4n) is 4.96. The lowest BCUT2D eigenvalue weighted by Crippen LogP contribution is -2.55. The fraction of sp³-hybridized carbons (Fsp3) is 0.207. The summed E-state index contributed by atoms with van der Waals surface area (Å²) < 4.78 is 74.7. The molecule has 0 aliphatic carbocycles. The first-order chi connectivity index (χ1) is 21.0. The second-order valence-corrected chi connectivity index (χ2v) is 11.4. The maximum atomic E-state index is 14.3. The van der Waals surface area contributed by atoms with Crippen molar-refractivity contribution in [2.45, 2.75) is 17.4 Å². The lowest BCUT2D eigenvalue weighted by Gasteiger charge is -2.41. The maximum absolute atomic E-state index is 14.3. The highest BCUT2D eigenvalue weighted by atomic mass is 32.2. The molecule has 2 aromatic carbocycles. The van der Waals surface area contributed by atoms with E-state index < -0.39 is 44.3 Å². The Kier molecular flexibility index (Phi) is 8.36. The maximum Gasteiger partial charge on any atom is 0.282 e. The van der Waals surface area contributed by atoms with Gasteiger partial charge in [-0.3, -0.25) is 9.52 Å². The Labute approximate surface area is 250 Å². The monoisotopic (exact) mass is 623 g/mol. The number of rotatable bonds is 8. The van der Waals surface area contributed by atoms with E-state index in [4.69, 9.17) is 4.74 Å². The number of pyridine rings is 1. The Morgan fingerprint density at radius 2 is 1.93 bits per heavy atom. The molecule has 0 bridgehead atoms. The molecule has 11 nitrogen and oxygen atoms in total. The largest absolute Gasteiger partial charge is 0.480 e. The molecule has 1 saturated heterocycles. The van der Waals surface area contributed by atoms with Crippen LogP contribution in [0, 0.1) is 23.0 Å². The molecule has 226 valence electrons. The van der Waals surface area contributed by atoms with Gasteiger partial charge in [0.15, 0.2) is 5.83 Å². The number of fused-ring (bicyclic) bond motifs is 1. The van der Waals surface area contributed by atoms with Crippen molar-refractivity contribution in [1.82, 2.24) is 19.9 Å². The molecule has 2 aromatic heterocycles. The predicted molar refractivity (Wildman–Crippen MR) is 155 cm³/mol. The minimum absolute atomic E-state index is 0.0260. The zero-order valence-electron chi connectivity index (χ0n) is 23.2. The number of benzene rings is 2. The predicted octanol–water partition coefficient (Wildman–Crippen LogP) is 4.19. The van der Waals surface area contributed by atoms with Crippen LogP contribution in [0.2, 0.25) is 0 Å². The number of aromatic nitrogens is 3. The van der Waals surface area contributed by atoms with Crippen LogP contribution in [0.5, 0.6) is 5.88 Å². The molecule has 44 heavy (non-hydrogen) atoms. The molecule has 1 atom stereocenters. The first-order valence-electron chi connectivity index (χ1n) is 13.1. The number of sulfonamides is 1. The van der Waals surface area contributed by atoms with E-state index in [0.29, 0.717) is 40.5 Å². The Morgan fingerprint density at radius 1 is 1.14 bits per heavy atom. The number of carbonyl (C=O) groups excluding carboxylic acids is 1. The SMILES string of the molecule is C=C(F)C(=O)N1CCN(c2ncnc3ccc(-c4cnc(OC)c(NS(=O)(=O)c5ccc(F)cc5F)c4)cc23)C[C@@H]1CC#N. The van der Waals surface area contributed by atoms with Gasteiger partial charge in [-0.25, -0.2) is 36.5 Å². The number of piperazine rings is 1. The van der Waals surface area contributed by atoms with Crippen LogP contribution < -0.4 is 14.4 Å². The van der Waals surface area contributed by atoms with Gasteiger partial charge in [0.25, 0.3) is 15.9 Å². The molecule has 1 amide bonds. The fourth-order valence-corrected chi connectivity index (χ4v) is 6.07. The van der Waals surface area contributed by atoms with Gasteiger partial charge in [-0.05, 0) is 35.9 Å². The zero-order valence-corrected chi connectivity index (χ0v) is 24.0. The van der Waals surface area contributed by atoms with Gasteiger partial charge < -0.3 is 14.5 Å². The summed E-state index contributed by atoms with van der Waals surface area (Å²) in [6.07, 6.45) is 2.81. The third-order valence-electron chi connectivity index (χ3n) is 7.02. The quantitative estimate of drug-likeness (QED) is 0.286. The Morgan fingerprint density at radius 3 is 2.64 bits per heavy atom. The highest BCUT2D eigenvalue weighted by Crippen LogP contribution is 2.34. The third kappa shape index (κ3) is 5.97. The molecule has 15 heteroatoms. The first-order valence-corrected chi connectivity index (χ1v) is 14.5. The first kappa shape index (κ1) is 30.2. The molecule has 4 aromatic rings. The van der Waals surface area contributed by atoms with Gasteiger partial charge in [0, 0.05) is 42.8 Å². The van der Waals surface area contributed by atoms with E-state index in [1.807, 2.05) is 11.0 Å². The summed E-state index contributed by atoms with van der Waals surface area (Å²) in [5.41, 5.74) is 1.54. The summed E-state index contributed by atoms with van der Waals surface area (Å²) >= 11 is 0. The number of halogens is 3. The molecular weight excluding hydrogens is 599 g/mol. The molecule has 1 fully saturated rings. The van der Waals surface area contributed by atoms with Crippen molar-refractivity contribution in [3.63, 3.8) is 0 Å². The van der Waals surface area contributed by atoms with E-state index in [9.17, 15) is 31.6 Å². The van der Waals surface area contributed by atoms with Crippen LogP contribution in [-0.4, -0.2) is 67.0 Å². The van der Waals surface area contributed by atoms with Crippen LogP contribution in [0.3, 0.4) is 0 Å². The summed E-state index contributed by atoms with van der Waals surface area (Å²) in [6, 6.07) is 10.2. The number of anilines is 2. The Hall–Kier alpha value is -5.23. The minimum Gasteiger partial charge on any atom is -0.480 e. The summed E-state index contributed by atoms with van der Waals surface area (Å²) in [7, 11) is -3.21. The van der Waals surface area contributed by atoms with E-state index in [0.717, 1.165) is 12.1 Å². The number of nitrogens with zero attached hydrogens (tertiary/aromatic N) is 6. The number of hydrogen-bond donors (Lipinski definition) is 1. The van der Waals surface area contributed by atoms with Crippen molar-refractivity contribution in [2.75, 3.05) is 36.4 Å². The number of nitrogens with one attached hydrogen (secondary N) is 1. The summed E-state index contributed by atoms with van der Waals surface area (Å²) in [4.78, 5) is 27.7. The van der Waals surface area contributed by atoms with Crippen LogP contribution in [0.25, 0.3) is 22.0 Å². The molecule has 0 radical (unpaired) electrons. The average Bonchev–Trinajstić information content (AvgIpc) is 3.00. The average molecular weight is 624 g/mol. The summed E-state index contributed by atoms with van der Waals surface area (Å²) in [5, 5.41) is 9.94. The number of methoxy groups -OCH3 is 1. The van der Waals surface area contributed by atoms with E-state index in [-0.39, 0.29) is 31.1 Å². The summed E-state index contributed by atoms with van der Waals surface area (Å²) in [5.74, 6) is -3.73. The van der Waals surface area contributed by atoms with Crippen molar-refractivity contribution >= 4 is 38.3 Å². The van der Waals surface area contributed by atoms with Crippen molar-refractivity contribution in [1.29, 1.82) is 5.26 Å². The van der Waals surface area contributed by atoms with E-state index in [1.165, 1.54) is 30.6 Å². The second-order valence-electron chi connectivity index (χ2n) is 9.76. The summed E-state index contributed by atoms with van der Waals surface area (Å²) in [6.45, 7) is 3.73. The van der Waals surface area contributed by atoms with Crippen LogP contribution in [-0.2, 0) is 14.8 Å². The number of ether oxygens (including phenoxy) is 1. The van der Waals surface area contributed by atoms with Crippen LogP contribution in [0.1, 0.15) is 6.42 Å². The van der Waals surface area contributed by atoms with E-state index in [2.05, 4.69) is 26.3 Å². The third-order valence-corrected chi connectivity index (χ3v) is 8.42. The number of amides is 1. The van der Waals surface area contributed by atoms with Crippen molar-refractivity contribution < 1.29 is 31.1 Å². The van der Waals surface area contributed by atoms with Gasteiger partial charge in [0.2, 0.25) is 5.88 Å². The number of carbonyl (C=O) groups is 1. The molecule has 3 heterocycles. The molecule has 0 saturated carbocycles. The Balaban J connectivity index is 1.50. The van der Waals surface area contributed by atoms with Gasteiger partial charge in [0.1, 0.15) is 34.4 Å². The normalized spacial score (nSPS) is 15.1. The molecule has 0 unspecified atom stereocenters. The van der Waals surface area contributed by atoms with Gasteiger partial charge in [-0.2, -0.15) is 5.26 Å². The smallest absolute Gasteiger partial charge is 0.282 e. The molecule has 0 spiro atoms. The van der Waals surface area contributed by atoms with Crippen LogP contribution in [0.15, 0.2) is 72.3 Å². The van der Waals surface area contributed by atoms with Gasteiger partial charge in [0.05, 0.1) is 31.2 Å². The Bertz CT molecular complexity index is 1930. The second kappa shape index (κ2) is 12.2. The van der Waals surface area contributed by atoms with Crippen LogP contribution in [0.4, 0.5) is 24.7 Å². The zero-order chi connectivity index (χ0) is 31.6. The van der Waals surface area contributed by atoms with Crippen LogP contribution >= 0.6 is 0 Å². The molecule has 1 N–H and O–H groups in total. The highest BCUT2D eigenvalue weighted by Gasteiger charge is 2.33. The van der Waals surface area contributed by atoms with Crippen molar-refractivity contribution in [2.24, 2.45) is 0 Å². The number of nitriles is 1. The lowest BCUT2D eigenvalue weighted by atomic mass is 10.0. The minimum atomic E-state index is -4.49. The van der Waals surface area contributed by atoms with Crippen molar-refractivity contribution in [3.8, 4) is 23.1 Å². The molecular formula is C29H24F3N7O4S. The molecule has 5 rings (SSSR count). The van der Waals surface area contributed by atoms with Gasteiger partial charge in [-0.15, -0.1) is 0 Å². The molecule has 1 aliphatic rings. The molecule has 1 aliphatic heterocycles. The topological polar surface area (TPSA) is 141 Å². The van der Waals surface area contributed by atoms with Gasteiger partial charge >= 0.3 is 0 Å². The standard InChI is InChI=1S/C29H24F3N7O4S/c1-17(30)29(40)39-10-9-38(15-21(39)7-8-33)27-22-11-18(3-5-24(22)35-16-36-27)19-12-25(28(43-2)34-14-19)37-44(41,42)26-6-4-20(31)13-23(26)32/h3-6,11-14,16,21,37H,1,7,9-10,15H2,2H3/t21-/m0/s1. The van der Waals surface area contributed by atoms with E-state index >= 15 is 0 Å². The highest BCUT2D eigenvalue weighted by molar-refractivity contribution is 7.92. The van der Waals surface area contributed by atoms with E-state index in [1.54, 1.807) is 18.2 Å². The lowest BCUT2D eigenvalue weighted by molar-refractivity contribution is -0.131. The number of hydrogen-bond acceptors (Lipinski definition) is 9. The van der Waals surface area contributed by atoms with Crippen molar-refractivity contribution in [3.05, 3.63) is 79.0 Å². The van der Waals surface area contributed by atoms with Gasteiger partial charge in [-0.1, -0.05) is 12.6 Å².